The Morgan fingerprint density at radius 2 is 2.07 bits per heavy atom. The van der Waals surface area contributed by atoms with Crippen LogP contribution in [0.2, 0.25) is 0 Å². The highest BCUT2D eigenvalue weighted by molar-refractivity contribution is 7.92. The fraction of sp³-hybridized carbons (Fsp3) is 0.789. The highest BCUT2D eigenvalue weighted by Crippen LogP contribution is 2.30. The van der Waals surface area contributed by atoms with Crippen LogP contribution < -0.4 is 5.32 Å². The number of nitrogens with one attached hydrogen (secondary N) is 1. The second-order valence-corrected chi connectivity index (χ2v) is 10.4. The van der Waals surface area contributed by atoms with Gasteiger partial charge in [0.05, 0.1) is 17.0 Å². The van der Waals surface area contributed by atoms with Crippen molar-refractivity contribution < 1.29 is 13.2 Å². The van der Waals surface area contributed by atoms with Crippen molar-refractivity contribution in [1.29, 1.82) is 0 Å². The van der Waals surface area contributed by atoms with Crippen LogP contribution in [0.25, 0.3) is 0 Å². The van der Waals surface area contributed by atoms with Gasteiger partial charge in [-0.2, -0.15) is 5.10 Å². The van der Waals surface area contributed by atoms with Gasteiger partial charge in [0.2, 0.25) is 0 Å². The van der Waals surface area contributed by atoms with E-state index in [-0.39, 0.29) is 6.54 Å². The quantitative estimate of drug-likeness (QED) is 0.539. The SMILES string of the molecule is CCNC(=NCC1(S(C)(=O)=O)CCOCC1)N(C)Cc1cn(C)nc1C(C)C. The van der Waals surface area contributed by atoms with Gasteiger partial charge in [0.1, 0.15) is 0 Å². The second-order valence-electron chi connectivity index (χ2n) is 7.96. The second kappa shape index (κ2) is 9.26. The van der Waals surface area contributed by atoms with Crippen LogP contribution in [0.1, 0.15) is 50.8 Å². The van der Waals surface area contributed by atoms with Crippen molar-refractivity contribution in [2.45, 2.75) is 50.8 Å². The molecule has 1 saturated heterocycles. The Kier molecular flexibility index (Phi) is 7.50. The van der Waals surface area contributed by atoms with Crippen molar-refractivity contribution in [2.75, 3.05) is 39.6 Å². The predicted molar refractivity (Wildman–Crippen MR) is 112 cm³/mol. The molecule has 0 aromatic carbocycles. The zero-order valence-electron chi connectivity index (χ0n) is 18.0. The van der Waals surface area contributed by atoms with Gasteiger partial charge in [-0.25, -0.2) is 8.42 Å². The molecule has 1 aliphatic rings. The smallest absolute Gasteiger partial charge is 0.194 e. The van der Waals surface area contributed by atoms with Crippen LogP contribution in [0.4, 0.5) is 0 Å². The molecule has 0 bridgehead atoms. The number of sulfone groups is 1. The molecule has 1 aliphatic heterocycles. The molecule has 1 aromatic heterocycles. The van der Waals surface area contributed by atoms with Crippen molar-refractivity contribution in [3.63, 3.8) is 0 Å². The number of hydrogen-bond donors (Lipinski definition) is 1. The first-order valence-corrected chi connectivity index (χ1v) is 11.8. The van der Waals surface area contributed by atoms with Gasteiger partial charge in [-0.15, -0.1) is 0 Å². The molecule has 1 N–H and O–H groups in total. The van der Waals surface area contributed by atoms with E-state index in [4.69, 9.17) is 9.73 Å². The number of aryl methyl sites for hydroxylation is 1. The van der Waals surface area contributed by atoms with Gasteiger partial charge in [-0.3, -0.25) is 9.67 Å². The zero-order chi connectivity index (χ0) is 20.9. The fourth-order valence-electron chi connectivity index (χ4n) is 3.57. The van der Waals surface area contributed by atoms with Gasteiger partial charge in [0.25, 0.3) is 0 Å². The molecule has 0 atom stereocenters. The molecule has 0 saturated carbocycles. The van der Waals surface area contributed by atoms with Crippen LogP contribution in [-0.2, 0) is 28.2 Å². The van der Waals surface area contributed by atoms with E-state index in [0.29, 0.717) is 51.0 Å². The summed E-state index contributed by atoms with van der Waals surface area (Å²) < 4.78 is 31.4. The third-order valence-electron chi connectivity index (χ3n) is 5.30. The first kappa shape index (κ1) is 22.7. The van der Waals surface area contributed by atoms with Crippen LogP contribution >= 0.6 is 0 Å². The normalized spacial score (nSPS) is 17.8. The molecule has 2 heterocycles. The van der Waals surface area contributed by atoms with E-state index in [0.717, 1.165) is 11.3 Å². The Hall–Kier alpha value is -1.61. The molecular formula is C19H35N5O3S. The summed E-state index contributed by atoms with van der Waals surface area (Å²) in [6.45, 7) is 8.80. The third-order valence-corrected chi connectivity index (χ3v) is 7.41. The molecule has 0 unspecified atom stereocenters. The van der Waals surface area contributed by atoms with Crippen molar-refractivity contribution in [3.05, 3.63) is 17.5 Å². The lowest BCUT2D eigenvalue weighted by Crippen LogP contribution is -2.47. The maximum absolute atomic E-state index is 12.5. The van der Waals surface area contributed by atoms with Crippen LogP contribution in [0.15, 0.2) is 11.2 Å². The molecule has 1 fully saturated rings. The summed E-state index contributed by atoms with van der Waals surface area (Å²) >= 11 is 0. The third kappa shape index (κ3) is 5.26. The number of guanidine groups is 1. The minimum Gasteiger partial charge on any atom is -0.381 e. The van der Waals surface area contributed by atoms with E-state index >= 15 is 0 Å². The van der Waals surface area contributed by atoms with E-state index in [1.807, 2.05) is 36.8 Å². The minimum absolute atomic E-state index is 0.242. The molecule has 0 radical (unpaired) electrons. The first-order valence-electron chi connectivity index (χ1n) is 9.89. The van der Waals surface area contributed by atoms with Gasteiger partial charge < -0.3 is 15.0 Å². The summed E-state index contributed by atoms with van der Waals surface area (Å²) in [6.07, 6.45) is 4.32. The summed E-state index contributed by atoms with van der Waals surface area (Å²) in [5, 5.41) is 7.86. The average molecular weight is 414 g/mol. The molecule has 9 heteroatoms. The Balaban J connectivity index is 2.23. The largest absolute Gasteiger partial charge is 0.381 e. The fourth-order valence-corrected chi connectivity index (χ4v) is 4.78. The highest BCUT2D eigenvalue weighted by Gasteiger charge is 2.42. The lowest BCUT2D eigenvalue weighted by Gasteiger charge is -2.34. The van der Waals surface area contributed by atoms with Gasteiger partial charge in [0.15, 0.2) is 15.8 Å². The molecule has 2 rings (SSSR count). The summed E-state index contributed by atoms with van der Waals surface area (Å²) in [6, 6.07) is 0. The van der Waals surface area contributed by atoms with E-state index in [2.05, 4.69) is 24.3 Å². The summed E-state index contributed by atoms with van der Waals surface area (Å²) in [5.74, 6) is 1.04. The molecule has 0 amide bonds. The Morgan fingerprint density at radius 3 is 2.61 bits per heavy atom. The topological polar surface area (TPSA) is 88.8 Å². The number of hydrogen-bond acceptors (Lipinski definition) is 5. The lowest BCUT2D eigenvalue weighted by atomic mass is 9.99. The number of aliphatic imine (C=N–C) groups is 1. The maximum atomic E-state index is 12.5. The zero-order valence-corrected chi connectivity index (χ0v) is 18.8. The van der Waals surface area contributed by atoms with Crippen molar-refractivity contribution >= 4 is 15.8 Å². The van der Waals surface area contributed by atoms with Crippen molar-refractivity contribution in [2.24, 2.45) is 12.0 Å². The molecule has 160 valence electrons. The first-order chi connectivity index (χ1) is 13.1. The molecule has 1 aromatic rings. The summed E-state index contributed by atoms with van der Waals surface area (Å²) in [4.78, 5) is 6.75. The Bertz CT molecular complexity index is 779. The predicted octanol–water partition coefficient (Wildman–Crippen LogP) is 1.53. The number of nitrogens with zero attached hydrogens (tertiary/aromatic N) is 4. The number of rotatable bonds is 7. The molecular weight excluding hydrogens is 378 g/mol. The Morgan fingerprint density at radius 1 is 1.43 bits per heavy atom. The summed E-state index contributed by atoms with van der Waals surface area (Å²) in [5.41, 5.74) is 2.22. The monoisotopic (exact) mass is 413 g/mol. The van der Waals surface area contributed by atoms with Crippen LogP contribution in [0, 0.1) is 0 Å². The number of ether oxygens (including phenoxy) is 1. The van der Waals surface area contributed by atoms with E-state index in [1.165, 1.54) is 6.26 Å². The van der Waals surface area contributed by atoms with Crippen LogP contribution in [0.3, 0.4) is 0 Å². The lowest BCUT2D eigenvalue weighted by molar-refractivity contribution is 0.0767. The van der Waals surface area contributed by atoms with Crippen molar-refractivity contribution in [1.82, 2.24) is 20.0 Å². The molecule has 0 spiro atoms. The Labute approximate surface area is 169 Å². The van der Waals surface area contributed by atoms with Crippen LogP contribution in [-0.4, -0.2) is 73.4 Å². The molecule has 8 nitrogen and oxygen atoms in total. The van der Waals surface area contributed by atoms with Gasteiger partial charge in [0, 0.05) is 58.4 Å². The molecule has 28 heavy (non-hydrogen) atoms. The maximum Gasteiger partial charge on any atom is 0.194 e. The minimum atomic E-state index is -3.24. The van der Waals surface area contributed by atoms with Gasteiger partial charge >= 0.3 is 0 Å². The highest BCUT2D eigenvalue weighted by atomic mass is 32.2. The van der Waals surface area contributed by atoms with E-state index in [1.54, 1.807) is 0 Å². The molecule has 0 aliphatic carbocycles. The van der Waals surface area contributed by atoms with Gasteiger partial charge in [-0.05, 0) is 25.7 Å². The standard InChI is InChI=1S/C19H35N5O3S/c1-7-20-18(21-14-19(28(6,25)26)8-10-27-11-9-19)23(4)12-16-13-24(5)22-17(16)15(2)3/h13,15H,7-12,14H2,1-6H3,(H,20,21). The summed E-state index contributed by atoms with van der Waals surface area (Å²) in [7, 11) is 0.650. The van der Waals surface area contributed by atoms with Crippen molar-refractivity contribution in [3.8, 4) is 0 Å². The van der Waals surface area contributed by atoms with E-state index in [9.17, 15) is 8.42 Å². The number of aromatic nitrogens is 2. The van der Waals surface area contributed by atoms with Gasteiger partial charge in [-0.1, -0.05) is 13.8 Å². The average Bonchev–Trinajstić information content (AvgIpc) is 2.99. The van der Waals surface area contributed by atoms with Crippen LogP contribution in [0.5, 0.6) is 0 Å². The van der Waals surface area contributed by atoms with E-state index < -0.39 is 14.6 Å².